The average Bonchev–Trinajstić information content (AvgIpc) is 2.39. The Morgan fingerprint density at radius 2 is 2.06 bits per heavy atom. The monoisotopic (exact) mass is 244 g/mol. The fourth-order valence-corrected chi connectivity index (χ4v) is 2.36. The van der Waals surface area contributed by atoms with Crippen LogP contribution < -0.4 is 15.8 Å². The summed E-state index contributed by atoms with van der Waals surface area (Å²) in [6, 6.07) is 7.35. The molecule has 2 aromatic heterocycles. The molecule has 5 nitrogen and oxygen atoms in total. The molecule has 18 heavy (non-hydrogen) atoms. The van der Waals surface area contributed by atoms with E-state index in [2.05, 4.69) is 15.2 Å². The van der Waals surface area contributed by atoms with Gasteiger partial charge in [-0.05, 0) is 19.1 Å². The van der Waals surface area contributed by atoms with E-state index in [0.717, 1.165) is 43.3 Å². The molecule has 1 saturated heterocycles. The van der Waals surface area contributed by atoms with E-state index in [0.29, 0.717) is 0 Å². The third-order valence-corrected chi connectivity index (χ3v) is 3.31. The van der Waals surface area contributed by atoms with Crippen LogP contribution in [0.2, 0.25) is 0 Å². The molecule has 1 fully saturated rings. The van der Waals surface area contributed by atoms with Gasteiger partial charge >= 0.3 is 0 Å². The van der Waals surface area contributed by atoms with Crippen molar-refractivity contribution in [1.82, 2.24) is 14.7 Å². The fraction of sp³-hybridized carbons (Fsp3) is 0.385. The van der Waals surface area contributed by atoms with Crippen LogP contribution in [-0.4, -0.2) is 35.6 Å². The first-order valence-corrected chi connectivity index (χ1v) is 6.21. The zero-order valence-corrected chi connectivity index (χ0v) is 10.4. The molecular weight excluding hydrogens is 228 g/mol. The van der Waals surface area contributed by atoms with Gasteiger partial charge in [-0.3, -0.25) is 9.20 Å². The van der Waals surface area contributed by atoms with Gasteiger partial charge in [0.15, 0.2) is 0 Å². The number of pyridine rings is 1. The third-order valence-electron chi connectivity index (χ3n) is 3.31. The lowest BCUT2D eigenvalue weighted by Gasteiger charge is -2.28. The topological polar surface area (TPSA) is 49.6 Å². The molecule has 0 spiro atoms. The molecule has 0 amide bonds. The van der Waals surface area contributed by atoms with Crippen molar-refractivity contribution in [1.29, 1.82) is 0 Å². The van der Waals surface area contributed by atoms with E-state index in [1.165, 1.54) is 0 Å². The Balaban J connectivity index is 2.12. The second kappa shape index (κ2) is 4.42. The summed E-state index contributed by atoms with van der Waals surface area (Å²) < 4.78 is 1.64. The van der Waals surface area contributed by atoms with Gasteiger partial charge in [-0.1, -0.05) is 6.07 Å². The molecule has 0 unspecified atom stereocenters. The highest BCUT2D eigenvalue weighted by Crippen LogP contribution is 2.11. The molecule has 1 aliphatic heterocycles. The van der Waals surface area contributed by atoms with Crippen LogP contribution >= 0.6 is 0 Å². The molecule has 0 saturated carbocycles. The van der Waals surface area contributed by atoms with Crippen molar-refractivity contribution >= 4 is 11.5 Å². The minimum Gasteiger partial charge on any atom is -0.354 e. The molecule has 0 atom stereocenters. The Labute approximate surface area is 105 Å². The molecule has 2 aromatic rings. The van der Waals surface area contributed by atoms with Crippen molar-refractivity contribution in [3.63, 3.8) is 0 Å². The second-order valence-electron chi connectivity index (χ2n) is 4.55. The first-order chi connectivity index (χ1) is 8.75. The fourth-order valence-electron chi connectivity index (χ4n) is 2.36. The SMILES string of the molecule is Cc1cccc2nc(N3CCNCC3)cc(=O)n12. The lowest BCUT2D eigenvalue weighted by atomic mass is 10.3. The molecule has 5 heteroatoms. The lowest BCUT2D eigenvalue weighted by Crippen LogP contribution is -2.44. The molecule has 0 radical (unpaired) electrons. The molecule has 1 N–H and O–H groups in total. The van der Waals surface area contributed by atoms with Gasteiger partial charge in [0.25, 0.3) is 5.56 Å². The van der Waals surface area contributed by atoms with Crippen molar-refractivity contribution in [2.24, 2.45) is 0 Å². The number of aryl methyl sites for hydroxylation is 1. The van der Waals surface area contributed by atoms with Gasteiger partial charge in [0, 0.05) is 37.9 Å². The van der Waals surface area contributed by atoms with E-state index < -0.39 is 0 Å². The van der Waals surface area contributed by atoms with Crippen LogP contribution in [0.15, 0.2) is 29.1 Å². The van der Waals surface area contributed by atoms with Crippen LogP contribution in [0.3, 0.4) is 0 Å². The summed E-state index contributed by atoms with van der Waals surface area (Å²) in [6.45, 7) is 5.59. The quantitative estimate of drug-likeness (QED) is 0.789. The second-order valence-corrected chi connectivity index (χ2v) is 4.55. The number of fused-ring (bicyclic) bond motifs is 1. The lowest BCUT2D eigenvalue weighted by molar-refractivity contribution is 0.584. The van der Waals surface area contributed by atoms with Gasteiger partial charge in [-0.25, -0.2) is 4.98 Å². The van der Waals surface area contributed by atoms with E-state index in [9.17, 15) is 4.79 Å². The van der Waals surface area contributed by atoms with Crippen LogP contribution in [0.5, 0.6) is 0 Å². The molecule has 1 aliphatic rings. The number of hydrogen-bond acceptors (Lipinski definition) is 4. The van der Waals surface area contributed by atoms with E-state index >= 15 is 0 Å². The smallest absolute Gasteiger partial charge is 0.260 e. The first kappa shape index (κ1) is 11.2. The van der Waals surface area contributed by atoms with Gasteiger partial charge in [0.1, 0.15) is 11.5 Å². The molecular formula is C13H16N4O. The summed E-state index contributed by atoms with van der Waals surface area (Å²) in [5.74, 6) is 0.784. The van der Waals surface area contributed by atoms with E-state index in [1.807, 2.05) is 25.1 Å². The standard InChI is InChI=1S/C13H16N4O/c1-10-3-2-4-11-15-12(9-13(18)17(10)11)16-7-5-14-6-8-16/h2-4,9,14H,5-8H2,1H3. The maximum atomic E-state index is 12.1. The number of nitrogens with one attached hydrogen (secondary N) is 1. The molecule has 94 valence electrons. The molecule has 0 aliphatic carbocycles. The predicted molar refractivity (Wildman–Crippen MR) is 71.3 cm³/mol. The minimum absolute atomic E-state index is 0.00775. The number of nitrogens with zero attached hydrogens (tertiary/aromatic N) is 3. The maximum absolute atomic E-state index is 12.1. The van der Waals surface area contributed by atoms with E-state index in [4.69, 9.17) is 0 Å². The van der Waals surface area contributed by atoms with Gasteiger partial charge in [-0.15, -0.1) is 0 Å². The normalized spacial score (nSPS) is 16.2. The van der Waals surface area contributed by atoms with Gasteiger partial charge < -0.3 is 10.2 Å². The molecule has 0 bridgehead atoms. The zero-order valence-electron chi connectivity index (χ0n) is 10.4. The van der Waals surface area contributed by atoms with Gasteiger partial charge in [0.2, 0.25) is 0 Å². The molecule has 3 rings (SSSR count). The summed E-state index contributed by atoms with van der Waals surface area (Å²) in [6.07, 6.45) is 0. The van der Waals surface area contributed by atoms with E-state index in [1.54, 1.807) is 10.5 Å². The van der Waals surface area contributed by atoms with E-state index in [-0.39, 0.29) is 5.56 Å². The summed E-state index contributed by atoms with van der Waals surface area (Å²) in [7, 11) is 0. The largest absolute Gasteiger partial charge is 0.354 e. The Morgan fingerprint density at radius 1 is 1.28 bits per heavy atom. The van der Waals surface area contributed by atoms with Crippen LogP contribution in [0.4, 0.5) is 5.82 Å². The van der Waals surface area contributed by atoms with Crippen molar-refractivity contribution in [2.75, 3.05) is 31.1 Å². The minimum atomic E-state index is -0.00775. The maximum Gasteiger partial charge on any atom is 0.260 e. The summed E-state index contributed by atoms with van der Waals surface area (Å²) in [5.41, 5.74) is 1.62. The first-order valence-electron chi connectivity index (χ1n) is 6.21. The van der Waals surface area contributed by atoms with Crippen molar-refractivity contribution in [2.45, 2.75) is 6.92 Å². The summed E-state index contributed by atoms with van der Waals surface area (Å²) >= 11 is 0. The Kier molecular flexibility index (Phi) is 2.76. The Morgan fingerprint density at radius 3 is 2.83 bits per heavy atom. The van der Waals surface area contributed by atoms with Crippen LogP contribution in [0.25, 0.3) is 5.65 Å². The Hall–Kier alpha value is -1.88. The van der Waals surface area contributed by atoms with Crippen LogP contribution in [0, 0.1) is 6.92 Å². The predicted octanol–water partition coefficient (Wildman–Crippen LogP) is 0.413. The van der Waals surface area contributed by atoms with Gasteiger partial charge in [0.05, 0.1) is 0 Å². The molecule has 3 heterocycles. The third kappa shape index (κ3) is 1.86. The summed E-state index contributed by atoms with van der Waals surface area (Å²) in [4.78, 5) is 18.9. The highest BCUT2D eigenvalue weighted by atomic mass is 16.1. The number of hydrogen-bond donors (Lipinski definition) is 1. The zero-order chi connectivity index (χ0) is 12.5. The number of anilines is 1. The average molecular weight is 244 g/mol. The number of piperazine rings is 1. The summed E-state index contributed by atoms with van der Waals surface area (Å²) in [5, 5.41) is 3.29. The van der Waals surface area contributed by atoms with Gasteiger partial charge in [-0.2, -0.15) is 0 Å². The Bertz CT molecular complexity index is 628. The van der Waals surface area contributed by atoms with Crippen molar-refractivity contribution < 1.29 is 0 Å². The highest BCUT2D eigenvalue weighted by Gasteiger charge is 2.13. The van der Waals surface area contributed by atoms with Crippen LogP contribution in [0.1, 0.15) is 5.69 Å². The highest BCUT2D eigenvalue weighted by molar-refractivity contribution is 5.49. The molecule has 0 aromatic carbocycles. The van der Waals surface area contributed by atoms with Crippen LogP contribution in [-0.2, 0) is 0 Å². The van der Waals surface area contributed by atoms with Crippen molar-refractivity contribution in [3.05, 3.63) is 40.3 Å². The number of aromatic nitrogens is 2. The number of rotatable bonds is 1. The van der Waals surface area contributed by atoms with Crippen molar-refractivity contribution in [3.8, 4) is 0 Å².